The maximum absolute atomic E-state index is 13.4. The van der Waals surface area contributed by atoms with Crippen LogP contribution in [0.5, 0.6) is 0 Å². The molecule has 2 fully saturated rings. The molecule has 0 bridgehead atoms. The van der Waals surface area contributed by atoms with E-state index in [2.05, 4.69) is 15.3 Å². The average molecular weight is 381 g/mol. The Morgan fingerprint density at radius 3 is 2.50 bits per heavy atom. The molecule has 6 nitrogen and oxygen atoms in total. The molecule has 1 atom stereocenters. The normalized spacial score (nSPS) is 22.1. The average Bonchev–Trinajstić information content (AvgIpc) is 3.45. The van der Waals surface area contributed by atoms with Gasteiger partial charge in [-0.05, 0) is 49.9 Å². The Hall–Kier alpha value is -2.83. The summed E-state index contributed by atoms with van der Waals surface area (Å²) in [6, 6.07) is 8.56. The van der Waals surface area contributed by atoms with Gasteiger partial charge in [0.15, 0.2) is 0 Å². The SMILES string of the molecule is CC1=C(C(=O)N2CCN(c3ccc(F)cc3)CC2)C(C2CC2)n2nccc2N1. The smallest absolute Gasteiger partial charge is 0.253 e. The Labute approximate surface area is 163 Å². The lowest BCUT2D eigenvalue weighted by atomic mass is 9.97. The molecule has 1 aromatic heterocycles. The summed E-state index contributed by atoms with van der Waals surface area (Å²) in [5.41, 5.74) is 2.80. The number of benzene rings is 1. The molecular weight excluding hydrogens is 357 g/mol. The van der Waals surface area contributed by atoms with Gasteiger partial charge in [-0.15, -0.1) is 0 Å². The van der Waals surface area contributed by atoms with Gasteiger partial charge in [0.1, 0.15) is 11.6 Å². The Morgan fingerprint density at radius 1 is 1.11 bits per heavy atom. The van der Waals surface area contributed by atoms with E-state index in [1.54, 1.807) is 18.3 Å². The zero-order chi connectivity index (χ0) is 19.3. The zero-order valence-electron chi connectivity index (χ0n) is 15.9. The number of piperazine rings is 1. The van der Waals surface area contributed by atoms with Gasteiger partial charge in [0, 0.05) is 43.6 Å². The molecule has 28 heavy (non-hydrogen) atoms. The molecule has 1 aliphatic carbocycles. The molecule has 5 rings (SSSR count). The van der Waals surface area contributed by atoms with Crippen molar-refractivity contribution in [3.8, 4) is 0 Å². The number of hydrogen-bond donors (Lipinski definition) is 1. The highest BCUT2D eigenvalue weighted by Crippen LogP contribution is 2.47. The highest BCUT2D eigenvalue weighted by Gasteiger charge is 2.43. The Kier molecular flexibility index (Phi) is 4.10. The van der Waals surface area contributed by atoms with Crippen molar-refractivity contribution < 1.29 is 9.18 Å². The summed E-state index contributed by atoms with van der Waals surface area (Å²) in [5.74, 6) is 1.35. The lowest BCUT2D eigenvalue weighted by Gasteiger charge is -2.38. The van der Waals surface area contributed by atoms with E-state index in [9.17, 15) is 9.18 Å². The molecule has 3 heterocycles. The fraction of sp³-hybridized carbons (Fsp3) is 0.429. The predicted octanol–water partition coefficient (Wildman–Crippen LogP) is 3.02. The van der Waals surface area contributed by atoms with Crippen molar-refractivity contribution >= 4 is 17.4 Å². The van der Waals surface area contributed by atoms with Crippen LogP contribution in [0.4, 0.5) is 15.9 Å². The molecule has 1 unspecified atom stereocenters. The van der Waals surface area contributed by atoms with Gasteiger partial charge in [-0.25, -0.2) is 9.07 Å². The van der Waals surface area contributed by atoms with Crippen LogP contribution >= 0.6 is 0 Å². The first kappa shape index (κ1) is 17.3. The zero-order valence-corrected chi connectivity index (χ0v) is 15.9. The van der Waals surface area contributed by atoms with Crippen molar-refractivity contribution in [2.24, 2.45) is 5.92 Å². The number of nitrogens with one attached hydrogen (secondary N) is 1. The maximum Gasteiger partial charge on any atom is 0.253 e. The number of hydrogen-bond acceptors (Lipinski definition) is 4. The molecule has 2 aromatic rings. The summed E-state index contributed by atoms with van der Waals surface area (Å²) < 4.78 is 15.1. The number of anilines is 2. The first-order chi connectivity index (χ1) is 13.6. The number of aromatic nitrogens is 2. The molecule has 1 N–H and O–H groups in total. The van der Waals surface area contributed by atoms with E-state index in [1.165, 1.54) is 12.1 Å². The van der Waals surface area contributed by atoms with Crippen LogP contribution < -0.4 is 10.2 Å². The van der Waals surface area contributed by atoms with E-state index in [0.717, 1.165) is 48.7 Å². The molecule has 1 aromatic carbocycles. The quantitative estimate of drug-likeness (QED) is 0.888. The van der Waals surface area contributed by atoms with E-state index in [1.807, 2.05) is 22.6 Å². The predicted molar refractivity (Wildman–Crippen MR) is 106 cm³/mol. The number of carbonyl (C=O) groups is 1. The van der Waals surface area contributed by atoms with Gasteiger partial charge in [0.05, 0.1) is 17.8 Å². The molecular formula is C21H24FN5O. The highest BCUT2D eigenvalue weighted by atomic mass is 19.1. The van der Waals surface area contributed by atoms with Crippen LogP contribution in [-0.2, 0) is 4.79 Å². The van der Waals surface area contributed by atoms with Crippen molar-refractivity contribution in [1.82, 2.24) is 14.7 Å². The van der Waals surface area contributed by atoms with Crippen LogP contribution in [0.25, 0.3) is 0 Å². The van der Waals surface area contributed by atoms with E-state index in [4.69, 9.17) is 0 Å². The van der Waals surface area contributed by atoms with Crippen LogP contribution in [0, 0.1) is 11.7 Å². The minimum atomic E-state index is -0.228. The number of halogens is 1. The second-order valence-electron chi connectivity index (χ2n) is 7.86. The molecule has 1 saturated carbocycles. The van der Waals surface area contributed by atoms with Crippen LogP contribution in [0.2, 0.25) is 0 Å². The molecule has 7 heteroatoms. The molecule has 3 aliphatic rings. The van der Waals surface area contributed by atoms with Gasteiger partial charge < -0.3 is 15.1 Å². The number of rotatable bonds is 3. The number of nitrogens with zero attached hydrogens (tertiary/aromatic N) is 4. The van der Waals surface area contributed by atoms with Crippen LogP contribution in [0.1, 0.15) is 25.8 Å². The third kappa shape index (κ3) is 2.95. The molecule has 1 saturated heterocycles. The molecule has 1 amide bonds. The number of amides is 1. The lowest BCUT2D eigenvalue weighted by molar-refractivity contribution is -0.128. The van der Waals surface area contributed by atoms with Crippen molar-refractivity contribution in [3.05, 3.63) is 53.6 Å². The van der Waals surface area contributed by atoms with Crippen molar-refractivity contribution in [3.63, 3.8) is 0 Å². The Balaban J connectivity index is 1.33. The third-order valence-corrected chi connectivity index (χ3v) is 6.01. The minimum Gasteiger partial charge on any atom is -0.368 e. The Bertz CT molecular complexity index is 923. The van der Waals surface area contributed by atoms with Gasteiger partial charge in [-0.2, -0.15) is 5.10 Å². The van der Waals surface area contributed by atoms with Crippen LogP contribution in [-0.4, -0.2) is 46.8 Å². The van der Waals surface area contributed by atoms with Gasteiger partial charge in [0.2, 0.25) is 0 Å². The first-order valence-corrected chi connectivity index (χ1v) is 9.93. The summed E-state index contributed by atoms with van der Waals surface area (Å²) in [6.07, 6.45) is 4.08. The summed E-state index contributed by atoms with van der Waals surface area (Å²) in [6.45, 7) is 4.82. The monoisotopic (exact) mass is 381 g/mol. The summed E-state index contributed by atoms with van der Waals surface area (Å²) >= 11 is 0. The molecule has 146 valence electrons. The molecule has 2 aliphatic heterocycles. The van der Waals surface area contributed by atoms with Crippen LogP contribution in [0.3, 0.4) is 0 Å². The highest BCUT2D eigenvalue weighted by molar-refractivity contribution is 5.96. The third-order valence-electron chi connectivity index (χ3n) is 6.01. The van der Waals surface area contributed by atoms with E-state index >= 15 is 0 Å². The number of allylic oxidation sites excluding steroid dienone is 1. The van der Waals surface area contributed by atoms with E-state index in [0.29, 0.717) is 19.0 Å². The topological polar surface area (TPSA) is 53.4 Å². The summed E-state index contributed by atoms with van der Waals surface area (Å²) in [4.78, 5) is 17.6. The Morgan fingerprint density at radius 2 is 1.82 bits per heavy atom. The first-order valence-electron chi connectivity index (χ1n) is 9.93. The van der Waals surface area contributed by atoms with Gasteiger partial charge >= 0.3 is 0 Å². The maximum atomic E-state index is 13.4. The van der Waals surface area contributed by atoms with Gasteiger partial charge in [-0.1, -0.05) is 0 Å². The van der Waals surface area contributed by atoms with E-state index in [-0.39, 0.29) is 17.8 Å². The fourth-order valence-corrected chi connectivity index (χ4v) is 4.36. The second kappa shape index (κ2) is 6.65. The number of carbonyl (C=O) groups excluding carboxylic acids is 1. The largest absolute Gasteiger partial charge is 0.368 e. The molecule has 0 spiro atoms. The minimum absolute atomic E-state index is 0.0360. The van der Waals surface area contributed by atoms with Gasteiger partial charge in [0.25, 0.3) is 5.91 Å². The van der Waals surface area contributed by atoms with E-state index < -0.39 is 0 Å². The van der Waals surface area contributed by atoms with Crippen molar-refractivity contribution in [2.45, 2.75) is 25.8 Å². The number of fused-ring (bicyclic) bond motifs is 1. The van der Waals surface area contributed by atoms with Crippen molar-refractivity contribution in [1.29, 1.82) is 0 Å². The van der Waals surface area contributed by atoms with Crippen molar-refractivity contribution in [2.75, 3.05) is 36.4 Å². The summed E-state index contributed by atoms with van der Waals surface area (Å²) in [7, 11) is 0. The van der Waals surface area contributed by atoms with Gasteiger partial charge in [-0.3, -0.25) is 4.79 Å². The lowest BCUT2D eigenvalue weighted by Crippen LogP contribution is -2.50. The van der Waals surface area contributed by atoms with Crippen LogP contribution in [0.15, 0.2) is 47.8 Å². The fourth-order valence-electron chi connectivity index (χ4n) is 4.36. The standard InChI is InChI=1S/C21H24FN5O/c1-14-19(20(15-2-3-15)27-18(24-14)8-9-23-27)21(28)26-12-10-25(11-13-26)17-6-4-16(22)5-7-17/h4-9,15,20,24H,2-3,10-13H2,1H3. The second-order valence-corrected chi connectivity index (χ2v) is 7.86. The molecule has 0 radical (unpaired) electrons. The summed E-state index contributed by atoms with van der Waals surface area (Å²) in [5, 5.41) is 7.83.